The van der Waals surface area contributed by atoms with Gasteiger partial charge in [-0.3, -0.25) is 9.78 Å². The van der Waals surface area contributed by atoms with Gasteiger partial charge in [0.25, 0.3) is 0 Å². The van der Waals surface area contributed by atoms with E-state index in [0.29, 0.717) is 22.4 Å². The summed E-state index contributed by atoms with van der Waals surface area (Å²) in [6.07, 6.45) is -0.356. The van der Waals surface area contributed by atoms with Crippen LogP contribution in [0.15, 0.2) is 66.9 Å². The van der Waals surface area contributed by atoms with Gasteiger partial charge in [0, 0.05) is 12.0 Å². The number of rotatable bonds is 4. The zero-order chi connectivity index (χ0) is 23.4. The standard InChI is InChI=1S/C25H20N2O6/c1-32-17-11-18-21(27-13-17)24(31)22(28)19(23(29)30)20(15-5-3-2-4-6-15)25(24,33-18)16-9-7-14(12-26)8-10-16/h2-11,13,19-20,22,28,31H,1H3,(H,29,30). The third kappa shape index (κ3) is 2.64. The number of ether oxygens (including phenoxy) is 2. The maximum absolute atomic E-state index is 12.4. The van der Waals surface area contributed by atoms with Gasteiger partial charge in [0.1, 0.15) is 23.3 Å². The van der Waals surface area contributed by atoms with Crippen molar-refractivity contribution in [2.75, 3.05) is 7.11 Å². The van der Waals surface area contributed by atoms with Crippen molar-refractivity contribution in [1.29, 1.82) is 5.26 Å². The summed E-state index contributed by atoms with van der Waals surface area (Å²) in [7, 11) is 1.46. The molecule has 1 saturated carbocycles. The van der Waals surface area contributed by atoms with E-state index in [2.05, 4.69) is 4.98 Å². The summed E-state index contributed by atoms with van der Waals surface area (Å²) in [5, 5.41) is 43.0. The van der Waals surface area contributed by atoms with Gasteiger partial charge >= 0.3 is 5.97 Å². The van der Waals surface area contributed by atoms with Crippen LogP contribution in [0.1, 0.15) is 28.3 Å². The van der Waals surface area contributed by atoms with Crippen LogP contribution >= 0.6 is 0 Å². The lowest BCUT2D eigenvalue weighted by Gasteiger charge is -2.40. The van der Waals surface area contributed by atoms with Crippen molar-refractivity contribution in [1.82, 2.24) is 4.98 Å². The molecule has 1 aromatic heterocycles. The largest absolute Gasteiger partial charge is 0.495 e. The molecular formula is C25H20N2O6. The van der Waals surface area contributed by atoms with E-state index in [9.17, 15) is 25.4 Å². The number of carbonyl (C=O) groups is 1. The summed E-state index contributed by atoms with van der Waals surface area (Å²) in [6.45, 7) is 0. The van der Waals surface area contributed by atoms with Crippen LogP contribution in [-0.2, 0) is 16.0 Å². The van der Waals surface area contributed by atoms with E-state index < -0.39 is 35.1 Å². The van der Waals surface area contributed by atoms with Crippen LogP contribution in [0.4, 0.5) is 0 Å². The molecule has 0 spiro atoms. The van der Waals surface area contributed by atoms with Crippen LogP contribution in [-0.4, -0.2) is 39.5 Å². The van der Waals surface area contributed by atoms with Crippen molar-refractivity contribution in [2.45, 2.75) is 23.2 Å². The molecule has 2 aromatic carbocycles. The van der Waals surface area contributed by atoms with Crippen LogP contribution in [0, 0.1) is 17.2 Å². The fraction of sp³-hybridized carbons (Fsp3) is 0.240. The molecular weight excluding hydrogens is 424 g/mol. The second kappa shape index (κ2) is 7.30. The number of aliphatic hydroxyl groups is 2. The van der Waals surface area contributed by atoms with Crippen molar-refractivity contribution >= 4 is 5.97 Å². The minimum atomic E-state index is -2.19. The second-order valence-corrected chi connectivity index (χ2v) is 8.21. The number of hydrogen-bond donors (Lipinski definition) is 3. The number of carboxylic acid groups (broad SMARTS) is 1. The van der Waals surface area contributed by atoms with E-state index in [-0.39, 0.29) is 11.4 Å². The SMILES string of the molecule is COc1cnc2c(c1)OC1(c3ccc(C#N)cc3)C(c3ccccc3)C(C(=O)O)C(O)C21O. The molecule has 166 valence electrons. The number of methoxy groups -OCH3 is 1. The molecule has 3 N–H and O–H groups in total. The van der Waals surface area contributed by atoms with Crippen LogP contribution in [0.3, 0.4) is 0 Å². The summed E-state index contributed by atoms with van der Waals surface area (Å²) in [5.74, 6) is -3.09. The molecule has 5 rings (SSSR count). The quantitative estimate of drug-likeness (QED) is 0.558. The average Bonchev–Trinajstić information content (AvgIpc) is 3.22. The van der Waals surface area contributed by atoms with Crippen LogP contribution in [0.25, 0.3) is 0 Å². The number of aromatic nitrogens is 1. The highest BCUT2D eigenvalue weighted by Crippen LogP contribution is 2.68. The van der Waals surface area contributed by atoms with Crippen molar-refractivity contribution in [3.05, 3.63) is 89.2 Å². The average molecular weight is 444 g/mol. The number of nitrogens with zero attached hydrogens (tertiary/aromatic N) is 2. The first kappa shape index (κ1) is 20.9. The maximum atomic E-state index is 12.4. The van der Waals surface area contributed by atoms with Gasteiger partial charge in [0.2, 0.25) is 0 Å². The smallest absolute Gasteiger partial charge is 0.310 e. The number of aliphatic carboxylic acids is 1. The van der Waals surface area contributed by atoms with E-state index >= 15 is 0 Å². The Morgan fingerprint density at radius 3 is 2.48 bits per heavy atom. The van der Waals surface area contributed by atoms with E-state index in [1.807, 2.05) is 6.07 Å². The molecule has 1 aliphatic heterocycles. The molecule has 2 heterocycles. The summed E-state index contributed by atoms with van der Waals surface area (Å²) in [4.78, 5) is 16.8. The molecule has 5 atom stereocenters. The zero-order valence-corrected chi connectivity index (χ0v) is 17.5. The summed E-state index contributed by atoms with van der Waals surface area (Å²) in [6, 6.07) is 18.7. The normalized spacial score (nSPS) is 29.5. The zero-order valence-electron chi connectivity index (χ0n) is 17.5. The number of aliphatic hydroxyl groups excluding tert-OH is 1. The van der Waals surface area contributed by atoms with Crippen molar-refractivity contribution in [2.24, 2.45) is 5.92 Å². The van der Waals surface area contributed by atoms with E-state index in [1.165, 1.54) is 13.3 Å². The Kier molecular flexibility index (Phi) is 4.64. The molecule has 0 bridgehead atoms. The number of hydrogen-bond acceptors (Lipinski definition) is 7. The molecule has 8 heteroatoms. The molecule has 0 amide bonds. The van der Waals surface area contributed by atoms with Crippen molar-refractivity contribution in [3.63, 3.8) is 0 Å². The molecule has 5 unspecified atom stereocenters. The molecule has 0 saturated heterocycles. The van der Waals surface area contributed by atoms with Crippen LogP contribution < -0.4 is 9.47 Å². The van der Waals surface area contributed by atoms with Gasteiger partial charge in [0.05, 0.1) is 30.9 Å². The number of fused-ring (bicyclic) bond motifs is 3. The predicted molar refractivity (Wildman–Crippen MR) is 114 cm³/mol. The second-order valence-electron chi connectivity index (χ2n) is 8.21. The monoisotopic (exact) mass is 444 g/mol. The number of pyridine rings is 1. The highest BCUT2D eigenvalue weighted by atomic mass is 16.5. The van der Waals surface area contributed by atoms with Gasteiger partial charge in [0.15, 0.2) is 11.2 Å². The molecule has 8 nitrogen and oxygen atoms in total. The van der Waals surface area contributed by atoms with Gasteiger partial charge in [-0.15, -0.1) is 0 Å². The van der Waals surface area contributed by atoms with Gasteiger partial charge in [-0.1, -0.05) is 42.5 Å². The lowest BCUT2D eigenvalue weighted by Crippen LogP contribution is -2.52. The molecule has 3 aromatic rings. The first-order valence-corrected chi connectivity index (χ1v) is 10.3. The van der Waals surface area contributed by atoms with Gasteiger partial charge in [-0.2, -0.15) is 5.26 Å². The number of carboxylic acids is 1. The van der Waals surface area contributed by atoms with Gasteiger partial charge < -0.3 is 24.8 Å². The lowest BCUT2D eigenvalue weighted by atomic mass is 9.71. The fourth-order valence-corrected chi connectivity index (χ4v) is 5.32. The minimum absolute atomic E-state index is 0.0323. The van der Waals surface area contributed by atoms with E-state index in [4.69, 9.17) is 9.47 Å². The third-order valence-electron chi connectivity index (χ3n) is 6.71. The summed E-state index contributed by atoms with van der Waals surface area (Å²) in [5.41, 5.74) is -2.51. The Morgan fingerprint density at radius 2 is 1.88 bits per heavy atom. The van der Waals surface area contributed by atoms with E-state index in [1.54, 1.807) is 60.7 Å². The molecule has 1 aliphatic carbocycles. The Morgan fingerprint density at radius 1 is 1.18 bits per heavy atom. The number of benzene rings is 2. The molecule has 1 fully saturated rings. The first-order chi connectivity index (χ1) is 15.9. The molecule has 33 heavy (non-hydrogen) atoms. The maximum Gasteiger partial charge on any atom is 0.310 e. The van der Waals surface area contributed by atoms with Gasteiger partial charge in [-0.05, 0) is 23.3 Å². The minimum Gasteiger partial charge on any atom is -0.495 e. The fourth-order valence-electron chi connectivity index (χ4n) is 5.32. The lowest BCUT2D eigenvalue weighted by molar-refractivity contribution is -0.160. The predicted octanol–water partition coefficient (Wildman–Crippen LogP) is 2.30. The Bertz CT molecular complexity index is 1270. The van der Waals surface area contributed by atoms with Crippen LogP contribution in [0.5, 0.6) is 11.5 Å². The Balaban J connectivity index is 1.85. The number of nitriles is 1. The third-order valence-corrected chi connectivity index (χ3v) is 6.71. The molecule has 2 aliphatic rings. The summed E-state index contributed by atoms with van der Waals surface area (Å²) >= 11 is 0. The highest BCUT2D eigenvalue weighted by molar-refractivity contribution is 5.76. The Labute approximate surface area is 189 Å². The van der Waals surface area contributed by atoms with Crippen molar-refractivity contribution in [3.8, 4) is 17.6 Å². The Hall–Kier alpha value is -3.93. The molecule has 0 radical (unpaired) electrons. The van der Waals surface area contributed by atoms with Gasteiger partial charge in [-0.25, -0.2) is 0 Å². The summed E-state index contributed by atoms with van der Waals surface area (Å²) < 4.78 is 11.7. The first-order valence-electron chi connectivity index (χ1n) is 10.3. The van der Waals surface area contributed by atoms with Crippen molar-refractivity contribution < 1.29 is 29.6 Å². The van der Waals surface area contributed by atoms with Crippen LogP contribution in [0.2, 0.25) is 0 Å². The van der Waals surface area contributed by atoms with E-state index in [0.717, 1.165) is 0 Å². The topological polar surface area (TPSA) is 133 Å². The highest BCUT2D eigenvalue weighted by Gasteiger charge is 2.78.